The molecule has 0 heterocycles. The van der Waals surface area contributed by atoms with Crippen LogP contribution < -0.4 is 20.3 Å². The molecule has 2 aromatic carbocycles. The number of halogens is 1. The molecule has 0 fully saturated rings. The summed E-state index contributed by atoms with van der Waals surface area (Å²) >= 11 is 3.41. The third kappa shape index (κ3) is 7.06. The highest BCUT2D eigenvalue weighted by Crippen LogP contribution is 2.28. The van der Waals surface area contributed by atoms with Gasteiger partial charge in [0.1, 0.15) is 11.5 Å². The second kappa shape index (κ2) is 11.6. The zero-order valence-electron chi connectivity index (χ0n) is 17.9. The number of hydrazine groups is 1. The largest absolute Gasteiger partial charge is 0.492 e. The highest BCUT2D eigenvalue weighted by atomic mass is 79.9. The number of unbranched alkanes of at least 4 members (excludes halogenated alkanes) is 1. The smallest absolute Gasteiger partial charge is 0.276 e. The summed E-state index contributed by atoms with van der Waals surface area (Å²) in [6, 6.07) is 10.9. The Morgan fingerprint density at radius 1 is 1.03 bits per heavy atom. The number of carbonyl (C=O) groups is 2. The molecule has 0 aliphatic carbocycles. The summed E-state index contributed by atoms with van der Waals surface area (Å²) in [7, 11) is 0. The van der Waals surface area contributed by atoms with Crippen LogP contribution >= 0.6 is 15.9 Å². The lowest BCUT2D eigenvalue weighted by Crippen LogP contribution is -2.43. The van der Waals surface area contributed by atoms with E-state index in [-0.39, 0.29) is 12.5 Å². The summed E-state index contributed by atoms with van der Waals surface area (Å²) in [4.78, 5) is 24.4. The van der Waals surface area contributed by atoms with Crippen LogP contribution in [-0.2, 0) is 4.79 Å². The minimum Gasteiger partial charge on any atom is -0.492 e. The molecule has 0 atom stereocenters. The minimum atomic E-state index is -0.446. The summed E-state index contributed by atoms with van der Waals surface area (Å²) in [6.07, 6.45) is 2.01. The van der Waals surface area contributed by atoms with Crippen LogP contribution in [0, 0.1) is 6.92 Å². The molecule has 0 aliphatic rings. The normalized spacial score (nSPS) is 10.6. The van der Waals surface area contributed by atoms with E-state index in [1.807, 2.05) is 25.1 Å². The van der Waals surface area contributed by atoms with Crippen molar-refractivity contribution >= 4 is 27.7 Å². The van der Waals surface area contributed by atoms with Crippen LogP contribution in [0.1, 0.15) is 61.0 Å². The molecule has 0 spiro atoms. The van der Waals surface area contributed by atoms with Crippen LogP contribution in [-0.4, -0.2) is 25.0 Å². The van der Waals surface area contributed by atoms with Gasteiger partial charge in [-0.15, -0.1) is 0 Å². The number of ether oxygens (including phenoxy) is 2. The first-order valence-corrected chi connectivity index (χ1v) is 10.9. The topological polar surface area (TPSA) is 76.7 Å². The highest BCUT2D eigenvalue weighted by Gasteiger charge is 2.13. The van der Waals surface area contributed by atoms with E-state index in [9.17, 15) is 9.59 Å². The lowest BCUT2D eigenvalue weighted by atomic mass is 10.0. The zero-order chi connectivity index (χ0) is 22.1. The number of amides is 2. The van der Waals surface area contributed by atoms with Gasteiger partial charge in [-0.2, -0.15) is 0 Å². The first-order chi connectivity index (χ1) is 14.3. The van der Waals surface area contributed by atoms with Crippen molar-refractivity contribution in [3.8, 4) is 11.5 Å². The first-order valence-electron chi connectivity index (χ1n) is 10.1. The van der Waals surface area contributed by atoms with E-state index in [1.54, 1.807) is 18.2 Å². The van der Waals surface area contributed by atoms with Crippen molar-refractivity contribution in [3.63, 3.8) is 0 Å². The predicted molar refractivity (Wildman–Crippen MR) is 121 cm³/mol. The molecule has 162 valence electrons. The molecule has 0 aliphatic heterocycles. The summed E-state index contributed by atoms with van der Waals surface area (Å²) in [5.74, 6) is 0.752. The van der Waals surface area contributed by atoms with E-state index in [2.05, 4.69) is 47.6 Å². The molecule has 0 unspecified atom stereocenters. The monoisotopic (exact) mass is 476 g/mol. The molecule has 2 rings (SSSR count). The van der Waals surface area contributed by atoms with E-state index in [1.165, 1.54) is 0 Å². The summed E-state index contributed by atoms with van der Waals surface area (Å²) in [6.45, 7) is 8.62. The number of hydrogen-bond acceptors (Lipinski definition) is 4. The number of carbonyl (C=O) groups excluding carboxylic acids is 2. The molecule has 0 aromatic heterocycles. The fourth-order valence-electron chi connectivity index (χ4n) is 2.71. The summed E-state index contributed by atoms with van der Waals surface area (Å²) in [5.41, 5.74) is 7.26. The highest BCUT2D eigenvalue weighted by molar-refractivity contribution is 9.10. The molecular weight excluding hydrogens is 448 g/mol. The van der Waals surface area contributed by atoms with Crippen LogP contribution in [0.4, 0.5) is 0 Å². The predicted octanol–water partition coefficient (Wildman–Crippen LogP) is 4.90. The number of rotatable bonds is 9. The second-order valence-electron chi connectivity index (χ2n) is 7.33. The Labute approximate surface area is 186 Å². The molecule has 30 heavy (non-hydrogen) atoms. The van der Waals surface area contributed by atoms with Crippen molar-refractivity contribution < 1.29 is 19.1 Å². The Balaban J connectivity index is 1.87. The first kappa shape index (κ1) is 23.7. The second-order valence-corrected chi connectivity index (χ2v) is 8.19. The van der Waals surface area contributed by atoms with Gasteiger partial charge in [0.25, 0.3) is 11.8 Å². The molecule has 2 aromatic rings. The van der Waals surface area contributed by atoms with E-state index in [0.717, 1.165) is 24.0 Å². The number of nitrogens with one attached hydrogen (secondary N) is 2. The van der Waals surface area contributed by atoms with Crippen LogP contribution in [0.3, 0.4) is 0 Å². The van der Waals surface area contributed by atoms with Gasteiger partial charge in [-0.1, -0.05) is 39.3 Å². The van der Waals surface area contributed by atoms with Crippen molar-refractivity contribution in [2.45, 2.75) is 46.5 Å². The van der Waals surface area contributed by atoms with Gasteiger partial charge in [-0.25, -0.2) is 0 Å². The molecule has 0 saturated carbocycles. The van der Waals surface area contributed by atoms with Gasteiger partial charge < -0.3 is 9.47 Å². The van der Waals surface area contributed by atoms with Crippen molar-refractivity contribution in [2.24, 2.45) is 0 Å². The molecule has 2 amide bonds. The maximum Gasteiger partial charge on any atom is 0.276 e. The van der Waals surface area contributed by atoms with Crippen LogP contribution in [0.5, 0.6) is 11.5 Å². The molecule has 0 saturated heterocycles. The van der Waals surface area contributed by atoms with Crippen molar-refractivity contribution in [1.29, 1.82) is 0 Å². The number of aryl methyl sites for hydroxylation is 1. The van der Waals surface area contributed by atoms with E-state index in [4.69, 9.17) is 9.47 Å². The third-order valence-corrected chi connectivity index (χ3v) is 5.03. The summed E-state index contributed by atoms with van der Waals surface area (Å²) < 4.78 is 12.0. The Morgan fingerprint density at radius 3 is 2.47 bits per heavy atom. The third-order valence-electron chi connectivity index (χ3n) is 4.41. The summed E-state index contributed by atoms with van der Waals surface area (Å²) in [5, 5.41) is 0. The van der Waals surface area contributed by atoms with Crippen molar-refractivity contribution in [3.05, 3.63) is 57.6 Å². The average molecular weight is 477 g/mol. The van der Waals surface area contributed by atoms with E-state index < -0.39 is 11.8 Å². The van der Waals surface area contributed by atoms with Crippen LogP contribution in [0.2, 0.25) is 0 Å². The molecule has 6 nitrogen and oxygen atoms in total. The maximum atomic E-state index is 12.3. The van der Waals surface area contributed by atoms with Gasteiger partial charge in [0.05, 0.1) is 11.1 Å². The zero-order valence-corrected chi connectivity index (χ0v) is 19.5. The van der Waals surface area contributed by atoms with Gasteiger partial charge in [0.2, 0.25) is 0 Å². The van der Waals surface area contributed by atoms with E-state index >= 15 is 0 Å². The fourth-order valence-corrected chi connectivity index (χ4v) is 3.20. The van der Waals surface area contributed by atoms with Crippen LogP contribution in [0.15, 0.2) is 40.9 Å². The fraction of sp³-hybridized carbons (Fsp3) is 0.391. The Morgan fingerprint density at radius 2 is 1.80 bits per heavy atom. The van der Waals surface area contributed by atoms with Crippen molar-refractivity contribution in [2.75, 3.05) is 13.2 Å². The quantitative estimate of drug-likeness (QED) is 0.398. The van der Waals surface area contributed by atoms with E-state index in [0.29, 0.717) is 28.1 Å². The molecular formula is C23H29BrN2O4. The molecule has 7 heteroatoms. The van der Waals surface area contributed by atoms with Crippen LogP contribution in [0.25, 0.3) is 0 Å². The molecule has 0 bridgehead atoms. The van der Waals surface area contributed by atoms with Crippen molar-refractivity contribution in [1.82, 2.24) is 10.9 Å². The number of benzene rings is 2. The Kier molecular flexibility index (Phi) is 9.17. The van der Waals surface area contributed by atoms with Gasteiger partial charge in [0, 0.05) is 5.56 Å². The molecule has 0 radical (unpaired) electrons. The Hall–Kier alpha value is -2.54. The van der Waals surface area contributed by atoms with Gasteiger partial charge in [0.15, 0.2) is 6.61 Å². The number of hydrogen-bond donors (Lipinski definition) is 2. The average Bonchev–Trinajstić information content (AvgIpc) is 2.71. The maximum absolute atomic E-state index is 12.3. The molecule has 2 N–H and O–H groups in total. The SMILES string of the molecule is CCCCOc1ccc(C(=O)NNC(=O)COc2cc(C)ccc2C(C)C)cc1Br. The van der Waals surface area contributed by atoms with Gasteiger partial charge >= 0.3 is 0 Å². The van der Waals surface area contributed by atoms with Gasteiger partial charge in [-0.3, -0.25) is 20.4 Å². The van der Waals surface area contributed by atoms with Gasteiger partial charge in [-0.05, 0) is 70.6 Å². The standard InChI is InChI=1S/C23H29BrN2O4/c1-5-6-11-29-20-10-8-17(13-19(20)24)23(28)26-25-22(27)14-30-21-12-16(4)7-9-18(21)15(2)3/h7-10,12-13,15H,5-6,11,14H2,1-4H3,(H,25,27)(H,26,28). The lowest BCUT2D eigenvalue weighted by Gasteiger charge is -2.15. The minimum absolute atomic E-state index is 0.197. The lowest BCUT2D eigenvalue weighted by molar-refractivity contribution is -0.123. The Bertz CT molecular complexity index is 884.